The van der Waals surface area contributed by atoms with Crippen molar-refractivity contribution in [2.24, 2.45) is 0 Å². The van der Waals surface area contributed by atoms with Crippen LogP contribution in [0.5, 0.6) is 0 Å². The van der Waals surface area contributed by atoms with E-state index in [9.17, 15) is 13.6 Å². The smallest absolute Gasteiger partial charge is 0.244 e. The second-order valence-electron chi connectivity index (χ2n) is 6.57. The maximum atomic E-state index is 13.6. The number of aromatic nitrogens is 1. The summed E-state index contributed by atoms with van der Waals surface area (Å²) in [6, 6.07) is 14.4. The van der Waals surface area contributed by atoms with Crippen molar-refractivity contribution in [2.45, 2.75) is 19.5 Å². The van der Waals surface area contributed by atoms with Gasteiger partial charge in [0.05, 0.1) is 6.04 Å². The first-order valence-corrected chi connectivity index (χ1v) is 9.17. The van der Waals surface area contributed by atoms with Crippen molar-refractivity contribution in [3.05, 3.63) is 101 Å². The van der Waals surface area contributed by atoms with Crippen LogP contribution in [-0.4, -0.2) is 10.9 Å². The van der Waals surface area contributed by atoms with E-state index in [-0.39, 0.29) is 11.6 Å². The zero-order valence-electron chi connectivity index (χ0n) is 15.9. The summed E-state index contributed by atoms with van der Waals surface area (Å²) < 4.78 is 26.8. The van der Waals surface area contributed by atoms with Gasteiger partial charge in [0.15, 0.2) is 0 Å². The molecule has 2 aromatic carbocycles. The number of hydrogen-bond donors (Lipinski definition) is 2. The highest BCUT2D eigenvalue weighted by Gasteiger charge is 2.09. The molecule has 0 spiro atoms. The minimum Gasteiger partial charge on any atom is -0.381 e. The maximum absolute atomic E-state index is 13.6. The topological polar surface area (TPSA) is 54.0 Å². The van der Waals surface area contributed by atoms with Gasteiger partial charge >= 0.3 is 0 Å². The molecule has 29 heavy (non-hydrogen) atoms. The number of rotatable bonds is 7. The van der Waals surface area contributed by atoms with Gasteiger partial charge < -0.3 is 10.6 Å². The number of carbonyl (C=O) groups is 1. The van der Waals surface area contributed by atoms with Gasteiger partial charge in [0.1, 0.15) is 11.6 Å². The van der Waals surface area contributed by atoms with E-state index in [1.165, 1.54) is 12.2 Å². The number of nitrogens with zero attached hydrogens (tertiary/aromatic N) is 1. The molecule has 0 bridgehead atoms. The Kier molecular flexibility index (Phi) is 6.68. The summed E-state index contributed by atoms with van der Waals surface area (Å²) in [7, 11) is 0. The number of pyridine rings is 1. The number of nitrogens with one attached hydrogen (secondary N) is 2. The minimum absolute atomic E-state index is 0.0226. The molecular weight excluding hydrogens is 372 g/mol. The van der Waals surface area contributed by atoms with Gasteiger partial charge in [-0.15, -0.1) is 0 Å². The predicted molar refractivity (Wildman–Crippen MR) is 110 cm³/mol. The van der Waals surface area contributed by atoms with Crippen LogP contribution in [0.4, 0.5) is 14.5 Å². The highest BCUT2D eigenvalue weighted by atomic mass is 19.1. The first-order valence-electron chi connectivity index (χ1n) is 9.17. The van der Waals surface area contributed by atoms with E-state index >= 15 is 0 Å². The number of carbonyl (C=O) groups excluding carboxylic acids is 1. The Hall–Kier alpha value is -3.54. The molecular formula is C23H21F2N3O. The summed E-state index contributed by atoms with van der Waals surface area (Å²) in [4.78, 5) is 16.2. The minimum atomic E-state index is -0.587. The zero-order valence-corrected chi connectivity index (χ0v) is 15.9. The van der Waals surface area contributed by atoms with Crippen LogP contribution in [0, 0.1) is 11.6 Å². The quantitative estimate of drug-likeness (QED) is 0.564. The standard InChI is InChI=1S/C23H21F2N3O/c1-16(28-23(29)10-7-19-12-20(24)8-9-22(19)25)18-5-2-6-21(13-18)27-15-17-4-3-11-26-14-17/h2-14,16,27H,15H2,1H3,(H,28,29)/t16-/m0/s1. The molecule has 3 rings (SSSR count). The van der Waals surface area contributed by atoms with E-state index < -0.39 is 17.5 Å². The van der Waals surface area contributed by atoms with Crippen LogP contribution in [0.25, 0.3) is 6.08 Å². The SMILES string of the molecule is C[C@H](NC(=O)C=Cc1cc(F)ccc1F)c1cccc(NCc2cccnc2)c1. The summed E-state index contributed by atoms with van der Waals surface area (Å²) in [6.45, 7) is 2.49. The van der Waals surface area contributed by atoms with Crippen LogP contribution in [0.15, 0.2) is 73.1 Å². The molecule has 2 N–H and O–H groups in total. The Morgan fingerprint density at radius 3 is 2.79 bits per heavy atom. The average Bonchev–Trinajstić information content (AvgIpc) is 2.74. The van der Waals surface area contributed by atoms with Crippen molar-refractivity contribution in [2.75, 3.05) is 5.32 Å². The van der Waals surface area contributed by atoms with Crippen molar-refractivity contribution in [1.82, 2.24) is 10.3 Å². The Bertz CT molecular complexity index is 1010. The van der Waals surface area contributed by atoms with Gasteiger partial charge in [0, 0.05) is 36.3 Å². The van der Waals surface area contributed by atoms with Gasteiger partial charge in [-0.05, 0) is 60.5 Å². The van der Waals surface area contributed by atoms with E-state index in [1.807, 2.05) is 43.3 Å². The molecule has 0 unspecified atom stereocenters. The highest BCUT2D eigenvalue weighted by Crippen LogP contribution is 2.18. The van der Waals surface area contributed by atoms with E-state index in [1.54, 1.807) is 12.4 Å². The Balaban J connectivity index is 1.59. The van der Waals surface area contributed by atoms with Gasteiger partial charge in [-0.2, -0.15) is 0 Å². The third kappa shape index (κ3) is 5.97. The first kappa shape index (κ1) is 20.2. The lowest BCUT2D eigenvalue weighted by atomic mass is 10.1. The normalized spacial score (nSPS) is 12.0. The van der Waals surface area contributed by atoms with Crippen molar-refractivity contribution in [1.29, 1.82) is 0 Å². The van der Waals surface area contributed by atoms with E-state index in [0.717, 1.165) is 35.0 Å². The monoisotopic (exact) mass is 393 g/mol. The third-order valence-corrected chi connectivity index (χ3v) is 4.34. The van der Waals surface area contributed by atoms with Gasteiger partial charge in [-0.1, -0.05) is 18.2 Å². The number of hydrogen-bond acceptors (Lipinski definition) is 3. The van der Waals surface area contributed by atoms with Gasteiger partial charge in [-0.25, -0.2) is 8.78 Å². The molecule has 0 aliphatic rings. The first-order chi connectivity index (χ1) is 14.0. The predicted octanol–water partition coefficient (Wildman–Crippen LogP) is 4.86. The molecule has 0 saturated carbocycles. The molecule has 0 aliphatic carbocycles. The Morgan fingerprint density at radius 1 is 1.14 bits per heavy atom. The number of halogens is 2. The summed E-state index contributed by atoms with van der Waals surface area (Å²) in [6.07, 6.45) is 5.98. The van der Waals surface area contributed by atoms with Gasteiger partial charge in [-0.3, -0.25) is 9.78 Å². The van der Waals surface area contributed by atoms with Crippen molar-refractivity contribution < 1.29 is 13.6 Å². The van der Waals surface area contributed by atoms with Crippen LogP contribution >= 0.6 is 0 Å². The van der Waals surface area contributed by atoms with Gasteiger partial charge in [0.2, 0.25) is 5.91 Å². The number of anilines is 1. The Morgan fingerprint density at radius 2 is 2.00 bits per heavy atom. The lowest BCUT2D eigenvalue weighted by Gasteiger charge is -2.15. The fourth-order valence-electron chi connectivity index (χ4n) is 2.78. The average molecular weight is 393 g/mol. The Labute approximate surface area is 168 Å². The second-order valence-corrected chi connectivity index (χ2v) is 6.57. The maximum Gasteiger partial charge on any atom is 0.244 e. The molecule has 1 amide bonds. The lowest BCUT2D eigenvalue weighted by Crippen LogP contribution is -2.24. The van der Waals surface area contributed by atoms with Crippen molar-refractivity contribution in [3.8, 4) is 0 Å². The molecule has 3 aromatic rings. The summed E-state index contributed by atoms with van der Waals surface area (Å²) >= 11 is 0. The molecule has 4 nitrogen and oxygen atoms in total. The molecule has 6 heteroatoms. The molecule has 1 heterocycles. The molecule has 1 aromatic heterocycles. The largest absolute Gasteiger partial charge is 0.381 e. The van der Waals surface area contributed by atoms with Crippen molar-refractivity contribution in [3.63, 3.8) is 0 Å². The van der Waals surface area contributed by atoms with Crippen LogP contribution in [-0.2, 0) is 11.3 Å². The third-order valence-electron chi connectivity index (χ3n) is 4.34. The summed E-state index contributed by atoms with van der Waals surface area (Å²) in [5, 5.41) is 6.15. The van der Waals surface area contributed by atoms with Crippen LogP contribution < -0.4 is 10.6 Å². The molecule has 148 valence electrons. The summed E-state index contributed by atoms with van der Waals surface area (Å²) in [5.74, 6) is -1.54. The molecule has 0 radical (unpaired) electrons. The van der Waals surface area contributed by atoms with Crippen LogP contribution in [0.3, 0.4) is 0 Å². The van der Waals surface area contributed by atoms with Crippen molar-refractivity contribution >= 4 is 17.7 Å². The van der Waals surface area contributed by atoms with E-state index in [0.29, 0.717) is 6.54 Å². The fourth-order valence-corrected chi connectivity index (χ4v) is 2.78. The molecule has 1 atom stereocenters. The summed E-state index contributed by atoms with van der Waals surface area (Å²) in [5.41, 5.74) is 2.92. The fraction of sp³-hybridized carbons (Fsp3) is 0.130. The number of amides is 1. The second kappa shape index (κ2) is 9.59. The van der Waals surface area contributed by atoms with Crippen LogP contribution in [0.2, 0.25) is 0 Å². The lowest BCUT2D eigenvalue weighted by molar-refractivity contribution is -0.117. The van der Waals surface area contributed by atoms with Crippen LogP contribution in [0.1, 0.15) is 29.7 Å². The molecule has 0 aliphatic heterocycles. The molecule has 0 saturated heterocycles. The highest BCUT2D eigenvalue weighted by molar-refractivity contribution is 5.92. The van der Waals surface area contributed by atoms with Gasteiger partial charge in [0.25, 0.3) is 0 Å². The van der Waals surface area contributed by atoms with E-state index in [2.05, 4.69) is 15.6 Å². The number of benzene rings is 2. The molecule has 0 fully saturated rings. The van der Waals surface area contributed by atoms with E-state index in [4.69, 9.17) is 0 Å². The zero-order chi connectivity index (χ0) is 20.6.